The van der Waals surface area contributed by atoms with Crippen LogP contribution in [0.4, 0.5) is 10.1 Å². The molecule has 1 heterocycles. The Labute approximate surface area is 196 Å². The molecule has 3 N–H and O–H groups in total. The van der Waals surface area contributed by atoms with Crippen LogP contribution in [0, 0.1) is 34.4 Å². The highest BCUT2D eigenvalue weighted by Crippen LogP contribution is 2.39. The number of nitrogens with two attached hydrogens (primary N) is 1. The molecule has 7 heteroatoms. The van der Waals surface area contributed by atoms with Crippen LogP contribution >= 0.6 is 0 Å². The Balaban J connectivity index is 1.54. The summed E-state index contributed by atoms with van der Waals surface area (Å²) in [6.45, 7) is 5.77. The molecule has 3 aliphatic rings. The van der Waals surface area contributed by atoms with Crippen LogP contribution < -0.4 is 11.1 Å². The van der Waals surface area contributed by atoms with Gasteiger partial charge in [-0.3, -0.25) is 4.79 Å². The van der Waals surface area contributed by atoms with Crippen molar-refractivity contribution in [1.82, 2.24) is 4.90 Å². The van der Waals surface area contributed by atoms with Crippen molar-refractivity contribution in [3.05, 3.63) is 41.9 Å². The number of rotatable bonds is 7. The highest BCUT2D eigenvalue weighted by Gasteiger charge is 2.41. The number of hydrogen-bond acceptors (Lipinski definition) is 5. The minimum Gasteiger partial charge on any atom is -0.378 e. The fourth-order valence-electron chi connectivity index (χ4n) is 5.11. The third-order valence-corrected chi connectivity index (χ3v) is 7.47. The van der Waals surface area contributed by atoms with Crippen molar-refractivity contribution in [2.24, 2.45) is 23.0 Å². The third-order valence-electron chi connectivity index (χ3n) is 7.47. The Morgan fingerprint density at radius 3 is 2.64 bits per heavy atom. The summed E-state index contributed by atoms with van der Waals surface area (Å²) >= 11 is 0. The Morgan fingerprint density at radius 1 is 1.27 bits per heavy atom. The minimum absolute atomic E-state index is 0.0329. The second-order valence-electron chi connectivity index (χ2n) is 10.5. The lowest BCUT2D eigenvalue weighted by molar-refractivity contribution is -0.115. The Kier molecular flexibility index (Phi) is 6.94. The molecule has 1 aliphatic heterocycles. The molecule has 1 aromatic carbocycles. The number of carbonyl (C=O) groups is 1. The van der Waals surface area contributed by atoms with E-state index in [1.807, 2.05) is 6.20 Å². The summed E-state index contributed by atoms with van der Waals surface area (Å²) in [6.07, 6.45) is 7.85. The first kappa shape index (κ1) is 23.6. The van der Waals surface area contributed by atoms with Gasteiger partial charge in [0, 0.05) is 31.1 Å². The predicted octanol–water partition coefficient (Wildman–Crippen LogP) is 4.19. The Morgan fingerprint density at radius 2 is 2.00 bits per heavy atom. The zero-order chi connectivity index (χ0) is 23.6. The zero-order valence-corrected chi connectivity index (χ0v) is 19.6. The molecule has 0 radical (unpaired) electrons. The molecule has 1 aromatic rings. The van der Waals surface area contributed by atoms with E-state index in [0.717, 1.165) is 44.5 Å². The van der Waals surface area contributed by atoms with Gasteiger partial charge in [-0.1, -0.05) is 13.8 Å². The summed E-state index contributed by atoms with van der Waals surface area (Å²) in [5.74, 6) is -0.234. The summed E-state index contributed by atoms with van der Waals surface area (Å²) in [5, 5.41) is 13.3. The lowest BCUT2D eigenvalue weighted by atomic mass is 9.78. The highest BCUT2D eigenvalue weighted by atomic mass is 19.1. The van der Waals surface area contributed by atoms with E-state index < -0.39 is 5.91 Å². The second-order valence-corrected chi connectivity index (χ2v) is 10.5. The van der Waals surface area contributed by atoms with Gasteiger partial charge in [0.25, 0.3) is 0 Å². The molecule has 4 atom stereocenters. The van der Waals surface area contributed by atoms with E-state index in [4.69, 9.17) is 10.5 Å². The summed E-state index contributed by atoms with van der Waals surface area (Å²) in [5.41, 5.74) is 6.81. The van der Waals surface area contributed by atoms with Crippen molar-refractivity contribution in [3.63, 3.8) is 0 Å². The molecule has 4 rings (SSSR count). The van der Waals surface area contributed by atoms with Gasteiger partial charge in [-0.15, -0.1) is 0 Å². The van der Waals surface area contributed by atoms with Crippen molar-refractivity contribution in [2.45, 2.75) is 70.6 Å². The quantitative estimate of drug-likeness (QED) is 0.644. The van der Waals surface area contributed by atoms with E-state index in [9.17, 15) is 14.4 Å². The number of nitrogens with zero attached hydrogens (tertiary/aromatic N) is 2. The Bertz CT molecular complexity index is 919. The van der Waals surface area contributed by atoms with E-state index in [-0.39, 0.29) is 35.3 Å². The first-order valence-electron chi connectivity index (χ1n) is 12.1. The van der Waals surface area contributed by atoms with Gasteiger partial charge in [-0.25, -0.2) is 4.39 Å². The summed E-state index contributed by atoms with van der Waals surface area (Å²) in [4.78, 5) is 14.7. The molecule has 0 bridgehead atoms. The number of benzene rings is 1. The molecule has 178 valence electrons. The molecular formula is C26H35FN4O2. The average Bonchev–Trinajstić information content (AvgIpc) is 3.62. The van der Waals surface area contributed by atoms with Gasteiger partial charge in [0.05, 0.1) is 29.7 Å². The summed E-state index contributed by atoms with van der Waals surface area (Å²) in [7, 11) is 0. The van der Waals surface area contributed by atoms with Crippen LogP contribution in [0.5, 0.6) is 0 Å². The Hall–Kier alpha value is -2.59. The van der Waals surface area contributed by atoms with Gasteiger partial charge >= 0.3 is 0 Å². The maximum atomic E-state index is 13.4. The molecule has 0 spiro atoms. The molecule has 2 fully saturated rings. The first-order valence-corrected chi connectivity index (χ1v) is 12.1. The fraction of sp³-hybridized carbons (Fsp3) is 0.615. The first-order chi connectivity index (χ1) is 15.8. The van der Waals surface area contributed by atoms with Crippen LogP contribution in [0.2, 0.25) is 0 Å². The number of nitrogens with one attached hydrogen (secondary N) is 1. The van der Waals surface area contributed by atoms with Crippen molar-refractivity contribution >= 4 is 11.6 Å². The number of hydrogen-bond donors (Lipinski definition) is 2. The minimum atomic E-state index is -0.482. The van der Waals surface area contributed by atoms with Gasteiger partial charge in [0.15, 0.2) is 0 Å². The van der Waals surface area contributed by atoms with Gasteiger partial charge < -0.3 is 20.7 Å². The van der Waals surface area contributed by atoms with Gasteiger partial charge in [-0.2, -0.15) is 5.26 Å². The van der Waals surface area contributed by atoms with Gasteiger partial charge in [0.1, 0.15) is 5.82 Å². The topological polar surface area (TPSA) is 91.4 Å². The van der Waals surface area contributed by atoms with Crippen LogP contribution in [-0.4, -0.2) is 42.1 Å². The number of primary amides is 1. The van der Waals surface area contributed by atoms with Crippen LogP contribution in [-0.2, 0) is 9.53 Å². The molecule has 2 aliphatic carbocycles. The van der Waals surface area contributed by atoms with Gasteiger partial charge in [-0.05, 0) is 74.1 Å². The molecule has 0 aromatic heterocycles. The van der Waals surface area contributed by atoms with Crippen molar-refractivity contribution in [1.29, 1.82) is 5.26 Å². The molecular weight excluding hydrogens is 419 g/mol. The lowest BCUT2D eigenvalue weighted by Crippen LogP contribution is -2.43. The molecule has 33 heavy (non-hydrogen) atoms. The summed E-state index contributed by atoms with van der Waals surface area (Å²) < 4.78 is 19.5. The largest absolute Gasteiger partial charge is 0.378 e. The molecule has 6 nitrogen and oxygen atoms in total. The number of carbonyl (C=O) groups excluding carboxylic acids is 1. The monoisotopic (exact) mass is 454 g/mol. The van der Waals surface area contributed by atoms with E-state index in [1.165, 1.54) is 25.0 Å². The van der Waals surface area contributed by atoms with Crippen LogP contribution in [0.1, 0.15) is 52.4 Å². The maximum absolute atomic E-state index is 13.4. The van der Waals surface area contributed by atoms with E-state index in [2.05, 4.69) is 30.1 Å². The number of nitriles is 1. The highest BCUT2D eigenvalue weighted by molar-refractivity contribution is 5.94. The van der Waals surface area contributed by atoms with E-state index in [0.29, 0.717) is 11.5 Å². The molecule has 0 saturated heterocycles. The summed E-state index contributed by atoms with van der Waals surface area (Å²) in [6, 6.07) is 8.34. The fourth-order valence-corrected chi connectivity index (χ4v) is 5.11. The number of amides is 1. The normalized spacial score (nSPS) is 29.5. The maximum Gasteiger partial charge on any atom is 0.248 e. The van der Waals surface area contributed by atoms with Crippen LogP contribution in [0.25, 0.3) is 0 Å². The van der Waals surface area contributed by atoms with Crippen molar-refractivity contribution in [2.75, 3.05) is 18.5 Å². The number of ether oxygens (including phenoxy) is 1. The third kappa shape index (κ3) is 5.67. The second kappa shape index (κ2) is 9.72. The standard InChI is InChI=1S/C26H35FN4O2/c1-26(2)11-12-31(23-10-9-21(13-18(23)14-28)33-16-17-3-4-17)15-22(25(29)32)24(26)30-20-7-5-19(27)6-8-20/h5-8,15,17-18,21,23-24,30H,3-4,9-13,16H2,1-2H3,(H2,29,32). The van der Waals surface area contributed by atoms with Crippen molar-refractivity contribution in [3.8, 4) is 6.07 Å². The number of anilines is 1. The van der Waals surface area contributed by atoms with E-state index >= 15 is 0 Å². The predicted molar refractivity (Wildman–Crippen MR) is 125 cm³/mol. The lowest BCUT2D eigenvalue weighted by Gasteiger charge is -2.39. The zero-order valence-electron chi connectivity index (χ0n) is 19.6. The smallest absolute Gasteiger partial charge is 0.248 e. The van der Waals surface area contributed by atoms with E-state index in [1.54, 1.807) is 12.1 Å². The molecule has 4 unspecified atom stereocenters. The van der Waals surface area contributed by atoms with Crippen LogP contribution in [0.3, 0.4) is 0 Å². The van der Waals surface area contributed by atoms with Gasteiger partial charge in [0.2, 0.25) is 5.91 Å². The molecule has 1 amide bonds. The number of halogens is 1. The molecule has 2 saturated carbocycles. The van der Waals surface area contributed by atoms with Crippen LogP contribution in [0.15, 0.2) is 36.0 Å². The van der Waals surface area contributed by atoms with Crippen molar-refractivity contribution < 1.29 is 13.9 Å². The SMILES string of the molecule is CC1(C)CCN(C2CCC(OCC3CC3)CC2C#N)C=C(C(N)=O)C1Nc1ccc(F)cc1. The average molecular weight is 455 g/mol.